The molecule has 0 bridgehead atoms. The molecule has 1 heterocycles. The van der Waals surface area contributed by atoms with E-state index >= 15 is 0 Å². The fraction of sp³-hybridized carbons (Fsp3) is 0.182. The Morgan fingerprint density at radius 3 is 2.47 bits per heavy atom. The van der Waals surface area contributed by atoms with Crippen LogP contribution in [0.2, 0.25) is 0 Å². The van der Waals surface area contributed by atoms with Crippen LogP contribution in [0.5, 0.6) is 0 Å². The van der Waals surface area contributed by atoms with Crippen LogP contribution < -0.4 is 5.56 Å². The van der Waals surface area contributed by atoms with Gasteiger partial charge in [-0.3, -0.25) is 4.79 Å². The van der Waals surface area contributed by atoms with Crippen LogP contribution in [0.3, 0.4) is 0 Å². The molecule has 0 spiro atoms. The number of H-pyrrole nitrogens is 1. The van der Waals surface area contributed by atoms with Crippen molar-refractivity contribution in [2.24, 2.45) is 0 Å². The van der Waals surface area contributed by atoms with Crippen LogP contribution in [0.15, 0.2) is 29.1 Å². The summed E-state index contributed by atoms with van der Waals surface area (Å²) in [6, 6.07) is 7.65. The standard InChI is InChI=1S/C11H11NO.Br2/c1-7-4-3-5-9-8(2)6-10(13)12-11(7)9;1-2/h3-6H,1-2H3,(H,12,13);. The molecule has 4 heteroatoms. The molecule has 0 fully saturated rings. The van der Waals surface area contributed by atoms with Crippen molar-refractivity contribution in [3.63, 3.8) is 0 Å². The molecule has 1 aromatic carbocycles. The minimum Gasteiger partial charge on any atom is -0.322 e. The van der Waals surface area contributed by atoms with Gasteiger partial charge in [-0.25, -0.2) is 0 Å². The molecule has 0 amide bonds. The highest BCUT2D eigenvalue weighted by molar-refractivity contribution is 9.93. The van der Waals surface area contributed by atoms with E-state index in [1.165, 1.54) is 0 Å². The van der Waals surface area contributed by atoms with E-state index in [0.29, 0.717) is 0 Å². The molecule has 15 heavy (non-hydrogen) atoms. The van der Waals surface area contributed by atoms with E-state index < -0.39 is 0 Å². The number of nitrogens with one attached hydrogen (secondary N) is 1. The molecule has 0 radical (unpaired) electrons. The number of pyridine rings is 1. The largest absolute Gasteiger partial charge is 0.322 e. The maximum absolute atomic E-state index is 11.2. The van der Waals surface area contributed by atoms with Gasteiger partial charge in [-0.05, 0) is 25.0 Å². The van der Waals surface area contributed by atoms with Crippen molar-refractivity contribution in [1.82, 2.24) is 4.98 Å². The molecule has 0 unspecified atom stereocenters. The van der Waals surface area contributed by atoms with Gasteiger partial charge in [0.1, 0.15) is 0 Å². The average molecular weight is 333 g/mol. The molecule has 0 saturated heterocycles. The van der Waals surface area contributed by atoms with E-state index in [1.807, 2.05) is 32.0 Å². The number of fused-ring (bicyclic) bond motifs is 1. The van der Waals surface area contributed by atoms with Crippen LogP contribution in [0.25, 0.3) is 10.9 Å². The fourth-order valence-corrected chi connectivity index (χ4v) is 1.60. The predicted molar refractivity (Wildman–Crippen MR) is 71.9 cm³/mol. The SMILES string of the molecule is BrBr.Cc1cc(=O)[nH]c2c(C)cccc12. The lowest BCUT2D eigenvalue weighted by molar-refractivity contribution is 1.26. The van der Waals surface area contributed by atoms with Gasteiger partial charge in [0.05, 0.1) is 5.52 Å². The topological polar surface area (TPSA) is 32.9 Å². The molecule has 1 aromatic heterocycles. The minimum absolute atomic E-state index is 0.0284. The zero-order chi connectivity index (χ0) is 11.4. The van der Waals surface area contributed by atoms with Gasteiger partial charge in [0.25, 0.3) is 0 Å². The Morgan fingerprint density at radius 2 is 1.80 bits per heavy atom. The van der Waals surface area contributed by atoms with Crippen molar-refractivity contribution in [2.45, 2.75) is 13.8 Å². The summed E-state index contributed by atoms with van der Waals surface area (Å²) in [5.41, 5.74) is 3.06. The van der Waals surface area contributed by atoms with Crippen molar-refractivity contribution in [3.8, 4) is 0 Å². The minimum atomic E-state index is -0.0284. The fourth-order valence-electron chi connectivity index (χ4n) is 1.60. The number of aryl methyl sites for hydroxylation is 2. The summed E-state index contributed by atoms with van der Waals surface area (Å²) in [4.78, 5) is 14.0. The van der Waals surface area contributed by atoms with Gasteiger partial charge in [0.15, 0.2) is 0 Å². The van der Waals surface area contributed by atoms with Crippen LogP contribution in [0, 0.1) is 13.8 Å². The lowest BCUT2D eigenvalue weighted by Crippen LogP contribution is -2.05. The Labute approximate surface area is 104 Å². The molecular formula is C11H11Br2NO. The van der Waals surface area contributed by atoms with Crippen LogP contribution in [0.4, 0.5) is 0 Å². The van der Waals surface area contributed by atoms with Gasteiger partial charge in [0, 0.05) is 39.7 Å². The number of aromatic nitrogens is 1. The zero-order valence-electron chi connectivity index (χ0n) is 8.47. The number of halogens is 2. The summed E-state index contributed by atoms with van der Waals surface area (Å²) >= 11 is 5.50. The first-order valence-corrected chi connectivity index (χ1v) is 8.13. The lowest BCUT2D eigenvalue weighted by Gasteiger charge is -2.03. The lowest BCUT2D eigenvalue weighted by atomic mass is 10.1. The highest BCUT2D eigenvalue weighted by Gasteiger charge is 2.00. The molecule has 1 N–H and O–H groups in total. The van der Waals surface area contributed by atoms with Gasteiger partial charge in [-0.1, -0.05) is 18.2 Å². The zero-order valence-corrected chi connectivity index (χ0v) is 11.6. The van der Waals surface area contributed by atoms with Crippen molar-refractivity contribution in [2.75, 3.05) is 0 Å². The number of rotatable bonds is 0. The summed E-state index contributed by atoms with van der Waals surface area (Å²) < 4.78 is 0. The monoisotopic (exact) mass is 331 g/mol. The highest BCUT2D eigenvalue weighted by atomic mass is 80.9. The van der Waals surface area contributed by atoms with E-state index in [4.69, 9.17) is 0 Å². The molecule has 2 aromatic rings. The van der Waals surface area contributed by atoms with Crippen molar-refractivity contribution in [1.29, 1.82) is 0 Å². The van der Waals surface area contributed by atoms with E-state index in [-0.39, 0.29) is 5.56 Å². The van der Waals surface area contributed by atoms with E-state index in [9.17, 15) is 4.79 Å². The molecule has 80 valence electrons. The molecule has 2 rings (SSSR count). The summed E-state index contributed by atoms with van der Waals surface area (Å²) in [5.74, 6) is 0. The third-order valence-corrected chi connectivity index (χ3v) is 2.29. The van der Waals surface area contributed by atoms with E-state index in [1.54, 1.807) is 6.07 Å². The van der Waals surface area contributed by atoms with Gasteiger partial charge >= 0.3 is 0 Å². The normalized spacial score (nSPS) is 9.60. The van der Waals surface area contributed by atoms with Crippen molar-refractivity contribution < 1.29 is 0 Å². The molecule has 0 aliphatic carbocycles. The van der Waals surface area contributed by atoms with Crippen LogP contribution in [-0.2, 0) is 0 Å². The molecule has 0 aliphatic rings. The second kappa shape index (κ2) is 5.47. The second-order valence-corrected chi connectivity index (χ2v) is 3.31. The Balaban J connectivity index is 0.000000531. The average Bonchev–Trinajstić information content (AvgIpc) is 2.23. The molecule has 2 nitrogen and oxygen atoms in total. The quantitative estimate of drug-likeness (QED) is 0.781. The maximum atomic E-state index is 11.2. The highest BCUT2D eigenvalue weighted by Crippen LogP contribution is 2.16. The first-order chi connectivity index (χ1) is 7.18. The smallest absolute Gasteiger partial charge is 0.248 e. The number of hydrogen-bond donors (Lipinski definition) is 1. The van der Waals surface area contributed by atoms with Gasteiger partial charge in [-0.2, -0.15) is 0 Å². The predicted octanol–water partition coefficient (Wildman–Crippen LogP) is 3.84. The van der Waals surface area contributed by atoms with Gasteiger partial charge in [0.2, 0.25) is 5.56 Å². The molecule has 0 saturated carbocycles. The first kappa shape index (κ1) is 12.5. The van der Waals surface area contributed by atoms with Crippen LogP contribution >= 0.6 is 28.3 Å². The Hall–Kier alpha value is -0.610. The summed E-state index contributed by atoms with van der Waals surface area (Å²) in [5, 5.41) is 1.12. The number of aromatic amines is 1. The summed E-state index contributed by atoms with van der Waals surface area (Å²) in [6.45, 7) is 3.95. The second-order valence-electron chi connectivity index (χ2n) is 3.31. The Morgan fingerprint density at radius 1 is 1.13 bits per heavy atom. The third-order valence-electron chi connectivity index (χ3n) is 2.29. The molecular weight excluding hydrogens is 322 g/mol. The number of hydrogen-bond acceptors (Lipinski definition) is 1. The van der Waals surface area contributed by atoms with Gasteiger partial charge in [-0.15, -0.1) is 0 Å². The number of para-hydroxylation sites is 1. The first-order valence-electron chi connectivity index (χ1n) is 4.42. The van der Waals surface area contributed by atoms with E-state index in [0.717, 1.165) is 22.0 Å². The van der Waals surface area contributed by atoms with Crippen LogP contribution in [-0.4, -0.2) is 4.98 Å². The van der Waals surface area contributed by atoms with Crippen molar-refractivity contribution in [3.05, 3.63) is 45.7 Å². The van der Waals surface area contributed by atoms with E-state index in [2.05, 4.69) is 33.2 Å². The summed E-state index contributed by atoms with van der Waals surface area (Å²) in [6.07, 6.45) is 0. The van der Waals surface area contributed by atoms with Crippen molar-refractivity contribution >= 4 is 39.2 Å². The Kier molecular flexibility index (Phi) is 4.54. The Bertz CT molecular complexity index is 519. The molecule has 0 aliphatic heterocycles. The molecule has 0 atom stereocenters. The summed E-state index contributed by atoms with van der Waals surface area (Å²) in [7, 11) is 0. The van der Waals surface area contributed by atoms with Gasteiger partial charge < -0.3 is 4.98 Å². The van der Waals surface area contributed by atoms with Crippen LogP contribution in [0.1, 0.15) is 11.1 Å². The third kappa shape index (κ3) is 2.69. The number of benzene rings is 1. The maximum Gasteiger partial charge on any atom is 0.248 e.